The number of carbonyl (C=O) groups is 1. The molecule has 1 heterocycles. The molecule has 1 aliphatic heterocycles. The van der Waals surface area contributed by atoms with Crippen molar-refractivity contribution >= 4 is 11.6 Å². The number of nitrogens with zero attached hydrogens (tertiary/aromatic N) is 1. The second-order valence-corrected chi connectivity index (χ2v) is 5.51. The van der Waals surface area contributed by atoms with Gasteiger partial charge in [-0.25, -0.2) is 4.39 Å². The van der Waals surface area contributed by atoms with Crippen LogP contribution >= 0.6 is 0 Å². The van der Waals surface area contributed by atoms with Gasteiger partial charge in [-0.2, -0.15) is 0 Å². The van der Waals surface area contributed by atoms with Crippen LogP contribution in [0.2, 0.25) is 0 Å². The predicted molar refractivity (Wildman–Crippen MR) is 78.0 cm³/mol. The number of hydrogen-bond donors (Lipinski definition) is 2. The zero-order valence-electron chi connectivity index (χ0n) is 11.9. The van der Waals surface area contributed by atoms with Crippen molar-refractivity contribution in [2.24, 2.45) is 5.92 Å². The number of anilines is 1. The Morgan fingerprint density at radius 1 is 1.45 bits per heavy atom. The zero-order chi connectivity index (χ0) is 14.5. The highest BCUT2D eigenvalue weighted by Gasteiger charge is 2.16. The van der Waals surface area contributed by atoms with E-state index < -0.39 is 5.82 Å². The number of benzene rings is 1. The maximum Gasteiger partial charge on any atom is 0.253 e. The second-order valence-electron chi connectivity index (χ2n) is 5.51. The van der Waals surface area contributed by atoms with E-state index in [4.69, 9.17) is 5.73 Å². The topological polar surface area (TPSA) is 58.4 Å². The second kappa shape index (κ2) is 6.70. The third-order valence-electron chi connectivity index (χ3n) is 3.85. The van der Waals surface area contributed by atoms with Crippen LogP contribution in [0.3, 0.4) is 0 Å². The lowest BCUT2D eigenvalue weighted by molar-refractivity contribution is 0.0945. The van der Waals surface area contributed by atoms with Gasteiger partial charge in [0.2, 0.25) is 0 Å². The van der Waals surface area contributed by atoms with Crippen LogP contribution in [0.4, 0.5) is 10.1 Å². The van der Waals surface area contributed by atoms with Gasteiger partial charge in [-0.3, -0.25) is 4.79 Å². The number of hydrogen-bond acceptors (Lipinski definition) is 3. The van der Waals surface area contributed by atoms with E-state index in [-0.39, 0.29) is 11.5 Å². The first-order valence-electron chi connectivity index (χ1n) is 7.12. The van der Waals surface area contributed by atoms with Crippen molar-refractivity contribution < 1.29 is 9.18 Å². The minimum absolute atomic E-state index is 0.206. The molecule has 20 heavy (non-hydrogen) atoms. The van der Waals surface area contributed by atoms with E-state index in [1.165, 1.54) is 31.0 Å². The summed E-state index contributed by atoms with van der Waals surface area (Å²) < 4.78 is 13.1. The first kappa shape index (κ1) is 14.8. The third-order valence-corrected chi connectivity index (χ3v) is 3.85. The summed E-state index contributed by atoms with van der Waals surface area (Å²) in [6, 6.07) is 3.84. The van der Waals surface area contributed by atoms with E-state index in [1.807, 2.05) is 0 Å². The number of amides is 1. The van der Waals surface area contributed by atoms with Gasteiger partial charge >= 0.3 is 0 Å². The molecule has 1 amide bonds. The van der Waals surface area contributed by atoms with Crippen LogP contribution in [0.1, 0.15) is 30.1 Å². The maximum absolute atomic E-state index is 13.1. The van der Waals surface area contributed by atoms with Gasteiger partial charge in [0.05, 0.1) is 5.56 Å². The number of likely N-dealkylation sites (tertiary alicyclic amines) is 1. The number of nitrogens with two attached hydrogens (primary N) is 1. The van der Waals surface area contributed by atoms with Crippen molar-refractivity contribution in [3.8, 4) is 0 Å². The summed E-state index contributed by atoms with van der Waals surface area (Å²) in [5.74, 6) is 0.0367. The highest BCUT2D eigenvalue weighted by atomic mass is 19.1. The Hall–Kier alpha value is -1.62. The summed E-state index contributed by atoms with van der Waals surface area (Å²) in [4.78, 5) is 14.3. The predicted octanol–water partition coefficient (Wildman–Crippen LogP) is 1.87. The van der Waals surface area contributed by atoms with Gasteiger partial charge in [0.1, 0.15) is 5.82 Å². The molecule has 0 spiro atoms. The van der Waals surface area contributed by atoms with Crippen LogP contribution in [0.5, 0.6) is 0 Å². The molecular formula is C15H22FN3O. The standard InChI is InChI=1S/C15H22FN3O/c1-11-4-7-19(8-5-11)9-6-18-15(20)13-10-12(16)2-3-14(13)17/h2-3,10-11H,4-9,17H2,1H3,(H,18,20). The molecule has 110 valence electrons. The summed E-state index contributed by atoms with van der Waals surface area (Å²) in [6.07, 6.45) is 2.43. The normalized spacial score (nSPS) is 17.1. The lowest BCUT2D eigenvalue weighted by Gasteiger charge is -2.30. The molecule has 0 unspecified atom stereocenters. The van der Waals surface area contributed by atoms with Crippen LogP contribution in [0.15, 0.2) is 18.2 Å². The molecule has 0 saturated carbocycles. The van der Waals surface area contributed by atoms with Crippen LogP contribution in [0.25, 0.3) is 0 Å². The first-order chi connectivity index (χ1) is 9.56. The lowest BCUT2D eigenvalue weighted by Crippen LogP contribution is -2.39. The quantitative estimate of drug-likeness (QED) is 0.827. The Bertz CT molecular complexity index is 470. The van der Waals surface area contributed by atoms with E-state index in [9.17, 15) is 9.18 Å². The molecule has 0 aromatic heterocycles. The fourth-order valence-electron chi connectivity index (χ4n) is 2.43. The largest absolute Gasteiger partial charge is 0.398 e. The van der Waals surface area contributed by atoms with Crippen molar-refractivity contribution in [1.82, 2.24) is 10.2 Å². The minimum atomic E-state index is -0.450. The van der Waals surface area contributed by atoms with Gasteiger partial charge in [-0.1, -0.05) is 6.92 Å². The molecule has 1 fully saturated rings. The molecule has 0 radical (unpaired) electrons. The third kappa shape index (κ3) is 3.93. The van der Waals surface area contributed by atoms with Gasteiger partial charge < -0.3 is 16.0 Å². The van der Waals surface area contributed by atoms with Crippen molar-refractivity contribution in [2.75, 3.05) is 31.9 Å². The highest BCUT2D eigenvalue weighted by Crippen LogP contribution is 2.15. The summed E-state index contributed by atoms with van der Waals surface area (Å²) in [6.45, 7) is 5.82. The van der Waals surface area contributed by atoms with Crippen molar-refractivity contribution in [3.63, 3.8) is 0 Å². The molecule has 0 aliphatic carbocycles. The molecule has 4 nitrogen and oxygen atoms in total. The van der Waals surface area contributed by atoms with Crippen LogP contribution in [0, 0.1) is 11.7 Å². The summed E-state index contributed by atoms with van der Waals surface area (Å²) in [7, 11) is 0. The molecular weight excluding hydrogens is 257 g/mol. The highest BCUT2D eigenvalue weighted by molar-refractivity contribution is 5.99. The van der Waals surface area contributed by atoms with Crippen LogP contribution in [-0.4, -0.2) is 37.0 Å². The average Bonchev–Trinajstić information content (AvgIpc) is 2.43. The van der Waals surface area contributed by atoms with Crippen molar-refractivity contribution in [2.45, 2.75) is 19.8 Å². The Morgan fingerprint density at radius 3 is 2.85 bits per heavy atom. The Morgan fingerprint density at radius 2 is 2.15 bits per heavy atom. The molecule has 1 saturated heterocycles. The SMILES string of the molecule is CC1CCN(CCNC(=O)c2cc(F)ccc2N)CC1. The molecule has 0 atom stereocenters. The number of halogens is 1. The molecule has 2 rings (SSSR count). The van der Waals surface area contributed by atoms with Crippen molar-refractivity contribution in [3.05, 3.63) is 29.6 Å². The van der Waals surface area contributed by atoms with E-state index in [2.05, 4.69) is 17.1 Å². The van der Waals surface area contributed by atoms with Gasteiger partial charge in [0.25, 0.3) is 5.91 Å². The zero-order valence-corrected chi connectivity index (χ0v) is 11.9. The van der Waals surface area contributed by atoms with Crippen LogP contribution < -0.4 is 11.1 Å². The van der Waals surface area contributed by atoms with E-state index in [0.29, 0.717) is 12.2 Å². The van der Waals surface area contributed by atoms with Gasteiger partial charge in [-0.15, -0.1) is 0 Å². The summed E-state index contributed by atoms with van der Waals surface area (Å²) in [5.41, 5.74) is 6.19. The van der Waals surface area contributed by atoms with Crippen LogP contribution in [-0.2, 0) is 0 Å². The maximum atomic E-state index is 13.1. The number of carbonyl (C=O) groups excluding carboxylic acids is 1. The summed E-state index contributed by atoms with van der Waals surface area (Å²) >= 11 is 0. The minimum Gasteiger partial charge on any atom is -0.398 e. The van der Waals surface area contributed by atoms with E-state index in [1.54, 1.807) is 0 Å². The first-order valence-corrected chi connectivity index (χ1v) is 7.12. The van der Waals surface area contributed by atoms with E-state index >= 15 is 0 Å². The molecule has 1 aromatic carbocycles. The Balaban J connectivity index is 1.79. The molecule has 1 aliphatic rings. The molecule has 0 bridgehead atoms. The number of nitrogens with one attached hydrogen (secondary N) is 1. The fraction of sp³-hybridized carbons (Fsp3) is 0.533. The molecule has 5 heteroatoms. The number of nitrogen functional groups attached to an aromatic ring is 1. The van der Waals surface area contributed by atoms with Crippen molar-refractivity contribution in [1.29, 1.82) is 0 Å². The van der Waals surface area contributed by atoms with Gasteiger partial charge in [0.15, 0.2) is 0 Å². The molecule has 1 aromatic rings. The van der Waals surface area contributed by atoms with Gasteiger partial charge in [-0.05, 0) is 50.0 Å². The number of rotatable bonds is 4. The smallest absolute Gasteiger partial charge is 0.253 e. The monoisotopic (exact) mass is 279 g/mol. The van der Waals surface area contributed by atoms with Gasteiger partial charge in [0, 0.05) is 18.8 Å². The molecule has 3 N–H and O–H groups in total. The Labute approximate surface area is 119 Å². The fourth-order valence-corrected chi connectivity index (χ4v) is 2.43. The Kier molecular flexibility index (Phi) is 4.95. The number of piperidine rings is 1. The summed E-state index contributed by atoms with van der Waals surface area (Å²) in [5, 5.41) is 2.80. The average molecular weight is 279 g/mol. The van der Waals surface area contributed by atoms with E-state index in [0.717, 1.165) is 25.6 Å². The lowest BCUT2D eigenvalue weighted by atomic mass is 9.99.